The Balaban J connectivity index is 0.000000801. The summed E-state index contributed by atoms with van der Waals surface area (Å²) in [5.74, 6) is -4.47. The maximum atomic E-state index is 13.9. The van der Waals surface area contributed by atoms with Crippen LogP contribution in [0.2, 0.25) is 0 Å². The number of nitrogens with zero attached hydrogens (tertiary/aromatic N) is 2. The average molecular weight is 470 g/mol. The van der Waals surface area contributed by atoms with E-state index in [1.54, 1.807) is 18.2 Å². The van der Waals surface area contributed by atoms with Crippen LogP contribution in [0.4, 0.5) is 4.39 Å². The van der Waals surface area contributed by atoms with Gasteiger partial charge in [0.25, 0.3) is 0 Å². The van der Waals surface area contributed by atoms with Crippen molar-refractivity contribution >= 4 is 23.8 Å². The molecular formula is C22H31FN2O8. The quantitative estimate of drug-likeness (QED) is 0.348. The Hall–Kier alpha value is -3.05. The number of hydroxylamine groups is 2. The Bertz CT molecular complexity index is 825. The Morgan fingerprint density at radius 2 is 1.67 bits per heavy atom. The maximum Gasteiger partial charge on any atom is 0.414 e. The van der Waals surface area contributed by atoms with E-state index in [0.717, 1.165) is 11.6 Å². The summed E-state index contributed by atoms with van der Waals surface area (Å²) in [5.41, 5.74) is -0.875. The molecule has 1 heterocycles. The summed E-state index contributed by atoms with van der Waals surface area (Å²) in [5, 5.41) is 15.9. The highest BCUT2D eigenvalue weighted by Gasteiger charge is 2.50. The number of methoxy groups -OCH3 is 1. The molecule has 0 saturated carbocycles. The molecule has 11 heteroatoms. The molecule has 0 aromatic heterocycles. The molecular weight excluding hydrogens is 439 g/mol. The zero-order valence-electron chi connectivity index (χ0n) is 19.2. The van der Waals surface area contributed by atoms with Gasteiger partial charge in [-0.05, 0) is 24.8 Å². The Kier molecular flexibility index (Phi) is 10.9. The maximum absolute atomic E-state index is 13.9. The van der Waals surface area contributed by atoms with Gasteiger partial charge < -0.3 is 19.8 Å². The molecule has 2 N–H and O–H groups in total. The van der Waals surface area contributed by atoms with E-state index in [0.29, 0.717) is 37.4 Å². The monoisotopic (exact) mass is 470 g/mol. The molecule has 0 atom stereocenters. The van der Waals surface area contributed by atoms with Crippen LogP contribution >= 0.6 is 0 Å². The van der Waals surface area contributed by atoms with Crippen LogP contribution in [0.15, 0.2) is 24.3 Å². The lowest BCUT2D eigenvalue weighted by Gasteiger charge is -2.45. The first-order chi connectivity index (χ1) is 15.4. The second-order valence-corrected chi connectivity index (χ2v) is 8.01. The number of likely N-dealkylation sites (tertiary alicyclic amines) is 1. The smallest absolute Gasteiger partial charge is 0.414 e. The van der Waals surface area contributed by atoms with Gasteiger partial charge in [0.15, 0.2) is 5.54 Å². The van der Waals surface area contributed by atoms with Gasteiger partial charge >= 0.3 is 17.9 Å². The molecule has 1 aromatic carbocycles. The summed E-state index contributed by atoms with van der Waals surface area (Å²) in [6.45, 7) is 7.71. The molecule has 1 amide bonds. The first-order valence-corrected chi connectivity index (χ1v) is 10.4. The molecule has 10 nitrogen and oxygen atoms in total. The van der Waals surface area contributed by atoms with E-state index < -0.39 is 35.2 Å². The lowest BCUT2D eigenvalue weighted by atomic mass is 9.86. The zero-order valence-corrected chi connectivity index (χ0v) is 19.2. The standard InChI is InChI=1S/C20H29FN2O4.C2H2O4/c1-15(2)13-22-11-9-20(10-12-22,19(25)26-4)23(16(3)24)27-14-17-7-5-6-8-18(17)21;3-1(4)2(5)6/h5-8,15H,9-14H2,1-4H3;(H,3,4)(H,5,6). The van der Waals surface area contributed by atoms with Crippen LogP contribution in [0.25, 0.3) is 0 Å². The number of piperidine rings is 1. The molecule has 0 unspecified atom stereocenters. The number of ether oxygens (including phenoxy) is 1. The fraction of sp³-hybridized carbons (Fsp3) is 0.545. The van der Waals surface area contributed by atoms with Crippen LogP contribution in [-0.4, -0.2) is 76.3 Å². The van der Waals surface area contributed by atoms with Crippen molar-refractivity contribution in [3.8, 4) is 0 Å². The van der Waals surface area contributed by atoms with E-state index in [4.69, 9.17) is 29.4 Å². The molecule has 1 saturated heterocycles. The lowest BCUT2D eigenvalue weighted by molar-refractivity contribution is -0.240. The summed E-state index contributed by atoms with van der Waals surface area (Å²) in [6.07, 6.45) is 0.812. The molecule has 0 spiro atoms. The minimum absolute atomic E-state index is 0.138. The number of esters is 1. The first kappa shape index (κ1) is 28.0. The minimum atomic E-state index is -1.82. The SMILES string of the molecule is COC(=O)C1(N(OCc2ccccc2F)C(C)=O)CCN(CC(C)C)CC1.O=C(O)C(=O)O. The normalized spacial score (nSPS) is 15.2. The molecule has 184 valence electrons. The number of hydrogen-bond acceptors (Lipinski definition) is 7. The fourth-order valence-electron chi connectivity index (χ4n) is 3.57. The Morgan fingerprint density at radius 3 is 2.09 bits per heavy atom. The number of halogens is 1. The molecule has 33 heavy (non-hydrogen) atoms. The second-order valence-electron chi connectivity index (χ2n) is 8.01. The largest absolute Gasteiger partial charge is 0.473 e. The number of amides is 1. The third kappa shape index (κ3) is 8.10. The minimum Gasteiger partial charge on any atom is -0.473 e. The second kappa shape index (κ2) is 12.9. The molecule has 0 aliphatic carbocycles. The number of rotatable bonds is 7. The highest BCUT2D eigenvalue weighted by molar-refractivity contribution is 6.27. The number of hydrogen-bond donors (Lipinski definition) is 2. The van der Waals surface area contributed by atoms with Crippen molar-refractivity contribution in [2.75, 3.05) is 26.7 Å². The van der Waals surface area contributed by atoms with Gasteiger partial charge in [0.05, 0.1) is 7.11 Å². The molecule has 0 bridgehead atoms. The van der Waals surface area contributed by atoms with E-state index in [2.05, 4.69) is 18.7 Å². The van der Waals surface area contributed by atoms with Gasteiger partial charge in [-0.1, -0.05) is 32.0 Å². The van der Waals surface area contributed by atoms with Crippen molar-refractivity contribution in [1.82, 2.24) is 9.96 Å². The first-order valence-electron chi connectivity index (χ1n) is 10.4. The number of carboxylic acids is 2. The summed E-state index contributed by atoms with van der Waals surface area (Å²) in [6, 6.07) is 6.20. The molecule has 0 radical (unpaired) electrons. The topological polar surface area (TPSA) is 134 Å². The van der Waals surface area contributed by atoms with E-state index in [-0.39, 0.29) is 6.61 Å². The molecule has 1 fully saturated rings. The van der Waals surface area contributed by atoms with E-state index in [1.807, 2.05) is 0 Å². The molecule has 2 rings (SSSR count). The van der Waals surface area contributed by atoms with Crippen molar-refractivity contribution in [2.45, 2.75) is 45.8 Å². The highest BCUT2D eigenvalue weighted by Crippen LogP contribution is 2.32. The Morgan fingerprint density at radius 1 is 1.12 bits per heavy atom. The van der Waals surface area contributed by atoms with Crippen molar-refractivity contribution in [3.63, 3.8) is 0 Å². The van der Waals surface area contributed by atoms with E-state index in [9.17, 15) is 14.0 Å². The van der Waals surface area contributed by atoms with E-state index in [1.165, 1.54) is 20.1 Å². The van der Waals surface area contributed by atoms with Gasteiger partial charge in [-0.15, -0.1) is 0 Å². The van der Waals surface area contributed by atoms with Gasteiger partial charge in [-0.2, -0.15) is 0 Å². The molecule has 1 aromatic rings. The Labute approximate surface area is 191 Å². The lowest BCUT2D eigenvalue weighted by Crippen LogP contribution is -2.61. The zero-order chi connectivity index (χ0) is 25.2. The number of carboxylic acid groups (broad SMARTS) is 2. The van der Waals surface area contributed by atoms with E-state index >= 15 is 0 Å². The predicted octanol–water partition coefficient (Wildman–Crippen LogP) is 1.92. The van der Waals surface area contributed by atoms with Crippen LogP contribution < -0.4 is 0 Å². The van der Waals surface area contributed by atoms with Crippen molar-refractivity contribution in [2.24, 2.45) is 5.92 Å². The number of carbonyl (C=O) groups excluding carboxylic acids is 2. The van der Waals surface area contributed by atoms with Crippen LogP contribution in [0, 0.1) is 11.7 Å². The van der Waals surface area contributed by atoms with Crippen molar-refractivity contribution in [3.05, 3.63) is 35.6 Å². The van der Waals surface area contributed by atoms with Gasteiger partial charge in [-0.25, -0.2) is 23.8 Å². The van der Waals surface area contributed by atoms with Crippen molar-refractivity contribution in [1.29, 1.82) is 0 Å². The van der Waals surface area contributed by atoms with Gasteiger partial charge in [0.1, 0.15) is 12.4 Å². The fourth-order valence-corrected chi connectivity index (χ4v) is 3.57. The highest BCUT2D eigenvalue weighted by atomic mass is 19.1. The average Bonchev–Trinajstić information content (AvgIpc) is 2.75. The number of aliphatic carboxylic acids is 2. The van der Waals surface area contributed by atoms with Gasteiger partial charge in [0.2, 0.25) is 5.91 Å². The third-order valence-corrected chi connectivity index (χ3v) is 5.04. The summed E-state index contributed by atoms with van der Waals surface area (Å²) >= 11 is 0. The van der Waals surface area contributed by atoms with Crippen molar-refractivity contribution < 1.29 is 43.4 Å². The summed E-state index contributed by atoms with van der Waals surface area (Å²) in [7, 11) is 1.31. The van der Waals surface area contributed by atoms with Crippen LogP contribution in [0.5, 0.6) is 0 Å². The molecule has 1 aliphatic rings. The third-order valence-electron chi connectivity index (χ3n) is 5.04. The number of carbonyl (C=O) groups is 4. The van der Waals surface area contributed by atoms with Crippen LogP contribution in [0.1, 0.15) is 39.2 Å². The van der Waals surface area contributed by atoms with Gasteiger partial charge in [0, 0.05) is 32.1 Å². The summed E-state index contributed by atoms with van der Waals surface area (Å²) < 4.78 is 18.9. The number of benzene rings is 1. The van der Waals surface area contributed by atoms with Crippen LogP contribution in [-0.2, 0) is 35.4 Å². The van der Waals surface area contributed by atoms with Crippen LogP contribution in [0.3, 0.4) is 0 Å². The van der Waals surface area contributed by atoms with Gasteiger partial charge in [-0.3, -0.25) is 9.63 Å². The molecule has 1 aliphatic heterocycles. The predicted molar refractivity (Wildman–Crippen MR) is 114 cm³/mol. The summed E-state index contributed by atoms with van der Waals surface area (Å²) in [4.78, 5) is 51.1.